The predicted molar refractivity (Wildman–Crippen MR) is 74.8 cm³/mol. The molecule has 0 bridgehead atoms. The molecule has 5 heteroatoms. The summed E-state index contributed by atoms with van der Waals surface area (Å²) in [6.45, 7) is 4.34. The average Bonchev–Trinajstić information content (AvgIpc) is 2.70. The summed E-state index contributed by atoms with van der Waals surface area (Å²) < 4.78 is 2.01. The number of alkyl halides is 1. The second-order valence-electron chi connectivity index (χ2n) is 4.86. The Bertz CT molecular complexity index is 532. The fourth-order valence-electron chi connectivity index (χ4n) is 1.67. The summed E-state index contributed by atoms with van der Waals surface area (Å²) in [6, 6.07) is 1.99. The maximum Gasteiger partial charge on any atom is 0.156 e. The third kappa shape index (κ3) is 2.04. The van der Waals surface area contributed by atoms with E-state index in [2.05, 4.69) is 51.7 Å². The van der Waals surface area contributed by atoms with Crippen molar-refractivity contribution in [3.05, 3.63) is 18.6 Å². The van der Waals surface area contributed by atoms with Crippen LogP contribution in [-0.4, -0.2) is 32.5 Å². The van der Waals surface area contributed by atoms with Gasteiger partial charge in [0.1, 0.15) is 5.52 Å². The highest BCUT2D eigenvalue weighted by molar-refractivity contribution is 9.09. The van der Waals surface area contributed by atoms with E-state index in [0.717, 1.165) is 22.2 Å². The molecule has 4 nitrogen and oxygen atoms in total. The lowest BCUT2D eigenvalue weighted by Gasteiger charge is -2.35. The number of aryl methyl sites for hydroxylation is 1. The first-order valence-corrected chi connectivity index (χ1v) is 6.65. The topological polar surface area (TPSA) is 34.0 Å². The van der Waals surface area contributed by atoms with Gasteiger partial charge in [-0.1, -0.05) is 15.9 Å². The van der Waals surface area contributed by atoms with Crippen LogP contribution in [0.1, 0.15) is 13.8 Å². The fourth-order valence-corrected chi connectivity index (χ4v) is 2.05. The highest BCUT2D eigenvalue weighted by Crippen LogP contribution is 2.27. The van der Waals surface area contributed by atoms with Crippen LogP contribution >= 0.6 is 15.9 Å². The molecule has 0 atom stereocenters. The zero-order valence-corrected chi connectivity index (χ0v) is 12.2. The SMILES string of the molecule is CN(c1nccc2c1ncn2C)C(C)(C)CBr. The normalized spacial score (nSPS) is 12.1. The number of fused-ring (bicyclic) bond motifs is 1. The van der Waals surface area contributed by atoms with Gasteiger partial charge in [-0.05, 0) is 19.9 Å². The first-order valence-electron chi connectivity index (χ1n) is 5.53. The molecule has 0 N–H and O–H groups in total. The third-order valence-corrected chi connectivity index (χ3v) is 4.55. The Labute approximate surface area is 110 Å². The number of pyridine rings is 1. The molecule has 17 heavy (non-hydrogen) atoms. The van der Waals surface area contributed by atoms with Crippen molar-refractivity contribution in [1.29, 1.82) is 0 Å². The van der Waals surface area contributed by atoms with E-state index in [-0.39, 0.29) is 5.54 Å². The van der Waals surface area contributed by atoms with Crippen LogP contribution in [0.15, 0.2) is 18.6 Å². The molecule has 0 unspecified atom stereocenters. The van der Waals surface area contributed by atoms with E-state index >= 15 is 0 Å². The largest absolute Gasteiger partial charge is 0.352 e. The lowest BCUT2D eigenvalue weighted by Crippen LogP contribution is -2.43. The molecular weight excluding hydrogens is 280 g/mol. The molecule has 92 valence electrons. The number of aromatic nitrogens is 3. The van der Waals surface area contributed by atoms with E-state index < -0.39 is 0 Å². The van der Waals surface area contributed by atoms with Crippen molar-refractivity contribution < 1.29 is 0 Å². The lowest BCUT2D eigenvalue weighted by atomic mass is 10.1. The summed E-state index contributed by atoms with van der Waals surface area (Å²) in [6.07, 6.45) is 3.66. The highest BCUT2D eigenvalue weighted by atomic mass is 79.9. The zero-order chi connectivity index (χ0) is 12.6. The number of hydrogen-bond donors (Lipinski definition) is 0. The molecule has 0 aliphatic rings. The van der Waals surface area contributed by atoms with Gasteiger partial charge in [-0.2, -0.15) is 0 Å². The van der Waals surface area contributed by atoms with Crippen LogP contribution in [0.3, 0.4) is 0 Å². The number of rotatable bonds is 3. The molecule has 2 rings (SSSR count). The smallest absolute Gasteiger partial charge is 0.156 e. The molecule has 0 fully saturated rings. The minimum Gasteiger partial charge on any atom is -0.352 e. The van der Waals surface area contributed by atoms with Gasteiger partial charge in [-0.25, -0.2) is 9.97 Å². The Hall–Kier alpha value is -1.10. The third-order valence-electron chi connectivity index (χ3n) is 3.18. The van der Waals surface area contributed by atoms with Gasteiger partial charge in [-0.15, -0.1) is 0 Å². The molecule has 2 aromatic heterocycles. The first-order chi connectivity index (χ1) is 7.97. The van der Waals surface area contributed by atoms with Gasteiger partial charge in [0, 0.05) is 31.2 Å². The van der Waals surface area contributed by atoms with Crippen LogP contribution in [0.5, 0.6) is 0 Å². The second kappa shape index (κ2) is 4.29. The van der Waals surface area contributed by atoms with Crippen molar-refractivity contribution in [1.82, 2.24) is 14.5 Å². The maximum absolute atomic E-state index is 4.46. The van der Waals surface area contributed by atoms with Crippen LogP contribution in [0.4, 0.5) is 5.82 Å². The van der Waals surface area contributed by atoms with Crippen molar-refractivity contribution >= 4 is 32.8 Å². The molecule has 0 radical (unpaired) electrons. The molecule has 0 aromatic carbocycles. The number of imidazole rings is 1. The Kier molecular flexibility index (Phi) is 3.12. The average molecular weight is 297 g/mol. The van der Waals surface area contributed by atoms with Crippen molar-refractivity contribution in [2.75, 3.05) is 17.3 Å². The summed E-state index contributed by atoms with van der Waals surface area (Å²) in [5.74, 6) is 0.924. The van der Waals surface area contributed by atoms with Crippen molar-refractivity contribution in [2.45, 2.75) is 19.4 Å². The summed E-state index contributed by atoms with van der Waals surface area (Å²) in [7, 11) is 4.05. The van der Waals surface area contributed by atoms with Gasteiger partial charge in [-0.3, -0.25) is 0 Å². The molecule has 0 saturated heterocycles. The van der Waals surface area contributed by atoms with Gasteiger partial charge in [0.05, 0.1) is 11.8 Å². The summed E-state index contributed by atoms with van der Waals surface area (Å²) >= 11 is 3.54. The van der Waals surface area contributed by atoms with Crippen LogP contribution in [0.25, 0.3) is 11.0 Å². The van der Waals surface area contributed by atoms with Crippen LogP contribution < -0.4 is 4.90 Å². The predicted octanol–water partition coefficient (Wildman–Crippen LogP) is 2.58. The minimum absolute atomic E-state index is 0.00119. The Morgan fingerprint density at radius 1 is 1.41 bits per heavy atom. The summed E-state index contributed by atoms with van der Waals surface area (Å²) in [4.78, 5) is 11.1. The monoisotopic (exact) mass is 296 g/mol. The maximum atomic E-state index is 4.46. The van der Waals surface area contributed by atoms with Gasteiger partial charge in [0.15, 0.2) is 5.82 Å². The number of anilines is 1. The van der Waals surface area contributed by atoms with Crippen LogP contribution in [-0.2, 0) is 7.05 Å². The van der Waals surface area contributed by atoms with Gasteiger partial charge >= 0.3 is 0 Å². The second-order valence-corrected chi connectivity index (χ2v) is 5.42. The highest BCUT2D eigenvalue weighted by Gasteiger charge is 2.25. The van der Waals surface area contributed by atoms with Gasteiger partial charge in [0.25, 0.3) is 0 Å². The zero-order valence-electron chi connectivity index (χ0n) is 10.6. The Morgan fingerprint density at radius 2 is 2.12 bits per heavy atom. The quantitative estimate of drug-likeness (QED) is 0.817. The molecule has 2 heterocycles. The van der Waals surface area contributed by atoms with E-state index in [1.807, 2.05) is 30.2 Å². The van der Waals surface area contributed by atoms with E-state index in [1.54, 1.807) is 0 Å². The van der Waals surface area contributed by atoms with E-state index in [1.165, 1.54) is 0 Å². The molecule has 0 aliphatic heterocycles. The Balaban J connectivity index is 2.56. The van der Waals surface area contributed by atoms with Crippen molar-refractivity contribution in [3.63, 3.8) is 0 Å². The number of nitrogens with zero attached hydrogens (tertiary/aromatic N) is 4. The van der Waals surface area contributed by atoms with Gasteiger partial charge in [0.2, 0.25) is 0 Å². The minimum atomic E-state index is -0.00119. The van der Waals surface area contributed by atoms with E-state index in [9.17, 15) is 0 Å². The van der Waals surface area contributed by atoms with Crippen LogP contribution in [0.2, 0.25) is 0 Å². The lowest BCUT2D eigenvalue weighted by molar-refractivity contribution is 0.548. The molecule has 0 aliphatic carbocycles. The van der Waals surface area contributed by atoms with Gasteiger partial charge < -0.3 is 9.47 Å². The summed E-state index contributed by atoms with van der Waals surface area (Å²) in [5, 5.41) is 0.876. The molecular formula is C12H17BrN4. The fraction of sp³-hybridized carbons (Fsp3) is 0.500. The van der Waals surface area contributed by atoms with Crippen LogP contribution in [0, 0.1) is 0 Å². The standard InChI is InChI=1S/C12H17BrN4/c1-12(2,7-13)17(4)11-10-9(5-6-14-11)16(3)8-15-10/h5-6,8H,7H2,1-4H3. The molecule has 0 amide bonds. The number of hydrogen-bond acceptors (Lipinski definition) is 3. The summed E-state index contributed by atoms with van der Waals surface area (Å²) in [5.41, 5.74) is 2.05. The molecule has 2 aromatic rings. The van der Waals surface area contributed by atoms with Crippen molar-refractivity contribution in [2.24, 2.45) is 7.05 Å². The first kappa shape index (κ1) is 12.4. The van der Waals surface area contributed by atoms with Crippen molar-refractivity contribution in [3.8, 4) is 0 Å². The molecule has 0 spiro atoms. The van der Waals surface area contributed by atoms with E-state index in [4.69, 9.17) is 0 Å². The Morgan fingerprint density at radius 3 is 2.76 bits per heavy atom. The van der Waals surface area contributed by atoms with E-state index in [0.29, 0.717) is 0 Å². The molecule has 0 saturated carbocycles. The number of halogens is 1.